The maximum Gasteiger partial charge on any atom is 0.272 e. The molecule has 0 unspecified atom stereocenters. The minimum Gasteiger partial charge on any atom is -0.364 e. The number of rotatable bonds is 2. The zero-order chi connectivity index (χ0) is 14.9. The SMILES string of the molecule is O=c1cc(CN2CCCCc3ccncc32)nc2cc[nH]n12. The predicted molar refractivity (Wildman–Crippen MR) is 84.0 cm³/mol. The van der Waals surface area contributed by atoms with Gasteiger partial charge in [0.05, 0.1) is 24.1 Å². The summed E-state index contributed by atoms with van der Waals surface area (Å²) in [6.07, 6.45) is 8.89. The molecule has 1 aliphatic heterocycles. The van der Waals surface area contributed by atoms with Crippen LogP contribution in [0.3, 0.4) is 0 Å². The fourth-order valence-corrected chi connectivity index (χ4v) is 3.07. The second-order valence-corrected chi connectivity index (χ2v) is 5.62. The van der Waals surface area contributed by atoms with E-state index in [9.17, 15) is 4.79 Å². The third-order valence-corrected chi connectivity index (χ3v) is 4.14. The Kier molecular flexibility index (Phi) is 3.14. The summed E-state index contributed by atoms with van der Waals surface area (Å²) in [4.78, 5) is 23.2. The van der Waals surface area contributed by atoms with Crippen molar-refractivity contribution >= 4 is 11.3 Å². The van der Waals surface area contributed by atoms with Gasteiger partial charge in [-0.25, -0.2) is 9.50 Å². The van der Waals surface area contributed by atoms with E-state index in [4.69, 9.17) is 0 Å². The molecule has 1 aliphatic rings. The first-order valence-electron chi connectivity index (χ1n) is 7.55. The van der Waals surface area contributed by atoms with E-state index in [1.165, 1.54) is 16.5 Å². The summed E-state index contributed by atoms with van der Waals surface area (Å²) in [5.41, 5.74) is 3.86. The lowest BCUT2D eigenvalue weighted by Gasteiger charge is -2.24. The minimum absolute atomic E-state index is 0.0776. The quantitative estimate of drug-likeness (QED) is 0.782. The van der Waals surface area contributed by atoms with Crippen LogP contribution in [0.15, 0.2) is 41.6 Å². The fraction of sp³-hybridized carbons (Fsp3) is 0.312. The highest BCUT2D eigenvalue weighted by atomic mass is 16.1. The predicted octanol–water partition coefficient (Wildman–Crippen LogP) is 1.76. The van der Waals surface area contributed by atoms with Crippen LogP contribution < -0.4 is 10.5 Å². The fourth-order valence-electron chi connectivity index (χ4n) is 3.07. The maximum absolute atomic E-state index is 12.1. The summed E-state index contributed by atoms with van der Waals surface area (Å²) in [6.45, 7) is 1.60. The van der Waals surface area contributed by atoms with Crippen LogP contribution in [-0.2, 0) is 13.0 Å². The number of anilines is 1. The summed E-state index contributed by atoms with van der Waals surface area (Å²) in [6, 6.07) is 5.50. The summed E-state index contributed by atoms with van der Waals surface area (Å²) in [5, 5.41) is 2.86. The highest BCUT2D eigenvalue weighted by Crippen LogP contribution is 2.26. The Labute approximate surface area is 127 Å². The standard InChI is InChI=1S/C16H17N5O/c22-16-9-13(19-15-5-7-18-21(15)16)11-20-8-2-1-3-12-4-6-17-10-14(12)20/h4-7,9-10,18H,1-3,8,11H2. The van der Waals surface area contributed by atoms with Crippen LogP contribution in [0.1, 0.15) is 24.1 Å². The second-order valence-electron chi connectivity index (χ2n) is 5.62. The molecular formula is C16H17N5O. The molecule has 0 saturated heterocycles. The summed E-state index contributed by atoms with van der Waals surface area (Å²) in [5.74, 6) is 0. The molecule has 0 radical (unpaired) electrons. The molecule has 6 heteroatoms. The third kappa shape index (κ3) is 2.26. The van der Waals surface area contributed by atoms with Gasteiger partial charge in [-0.05, 0) is 30.9 Å². The van der Waals surface area contributed by atoms with Gasteiger partial charge in [0.2, 0.25) is 0 Å². The van der Waals surface area contributed by atoms with Gasteiger partial charge in [0.25, 0.3) is 5.56 Å². The maximum atomic E-state index is 12.1. The number of hydrogen-bond acceptors (Lipinski definition) is 4. The van der Waals surface area contributed by atoms with Gasteiger partial charge in [0, 0.05) is 31.1 Å². The molecule has 6 nitrogen and oxygen atoms in total. The largest absolute Gasteiger partial charge is 0.364 e. The lowest BCUT2D eigenvalue weighted by molar-refractivity contribution is 0.706. The zero-order valence-electron chi connectivity index (χ0n) is 12.2. The Morgan fingerprint density at radius 2 is 2.23 bits per heavy atom. The number of nitrogens with zero attached hydrogens (tertiary/aromatic N) is 4. The first-order valence-corrected chi connectivity index (χ1v) is 7.55. The molecule has 22 heavy (non-hydrogen) atoms. The van der Waals surface area contributed by atoms with E-state index >= 15 is 0 Å². The van der Waals surface area contributed by atoms with Gasteiger partial charge in [0.15, 0.2) is 5.65 Å². The van der Waals surface area contributed by atoms with Gasteiger partial charge in [0.1, 0.15) is 0 Å². The molecule has 0 atom stereocenters. The van der Waals surface area contributed by atoms with E-state index < -0.39 is 0 Å². The van der Waals surface area contributed by atoms with Gasteiger partial charge in [-0.15, -0.1) is 0 Å². The van der Waals surface area contributed by atoms with Crippen molar-refractivity contribution in [2.24, 2.45) is 0 Å². The van der Waals surface area contributed by atoms with Crippen molar-refractivity contribution in [2.75, 3.05) is 11.4 Å². The molecule has 3 aromatic rings. The highest BCUT2D eigenvalue weighted by molar-refractivity contribution is 5.53. The van der Waals surface area contributed by atoms with Crippen LogP contribution in [0, 0.1) is 0 Å². The summed E-state index contributed by atoms with van der Waals surface area (Å²) < 4.78 is 1.45. The molecule has 4 heterocycles. The topological polar surface area (TPSA) is 66.3 Å². The summed E-state index contributed by atoms with van der Waals surface area (Å²) >= 11 is 0. The van der Waals surface area contributed by atoms with Crippen molar-refractivity contribution in [2.45, 2.75) is 25.8 Å². The Morgan fingerprint density at radius 3 is 3.18 bits per heavy atom. The van der Waals surface area contributed by atoms with Crippen LogP contribution in [0.25, 0.3) is 5.65 Å². The van der Waals surface area contributed by atoms with Gasteiger partial charge in [-0.1, -0.05) is 0 Å². The summed E-state index contributed by atoms with van der Waals surface area (Å²) in [7, 11) is 0. The normalized spacial score (nSPS) is 14.8. The Balaban J connectivity index is 1.71. The Hall–Kier alpha value is -2.63. The number of aromatic nitrogens is 4. The van der Waals surface area contributed by atoms with Crippen molar-refractivity contribution < 1.29 is 0 Å². The Bertz CT molecular complexity index is 866. The number of pyridine rings is 1. The van der Waals surface area contributed by atoms with E-state index in [2.05, 4.69) is 26.0 Å². The highest BCUT2D eigenvalue weighted by Gasteiger charge is 2.16. The number of aryl methyl sites for hydroxylation is 1. The van der Waals surface area contributed by atoms with Gasteiger partial charge < -0.3 is 4.90 Å². The van der Waals surface area contributed by atoms with Crippen molar-refractivity contribution in [1.82, 2.24) is 19.6 Å². The first-order chi connectivity index (χ1) is 10.8. The van der Waals surface area contributed by atoms with Crippen LogP contribution in [0.4, 0.5) is 5.69 Å². The lowest BCUT2D eigenvalue weighted by Crippen LogP contribution is -2.26. The molecule has 1 N–H and O–H groups in total. The molecule has 4 rings (SSSR count). The van der Waals surface area contributed by atoms with E-state index in [0.29, 0.717) is 12.2 Å². The minimum atomic E-state index is -0.0776. The number of H-pyrrole nitrogens is 1. The molecule has 0 spiro atoms. The van der Waals surface area contributed by atoms with Gasteiger partial charge >= 0.3 is 0 Å². The first kappa shape index (κ1) is 13.1. The molecule has 0 aromatic carbocycles. The number of fused-ring (bicyclic) bond motifs is 2. The second kappa shape index (κ2) is 5.29. The number of aromatic amines is 1. The molecule has 0 aliphatic carbocycles. The third-order valence-electron chi connectivity index (χ3n) is 4.14. The molecule has 3 aromatic heterocycles. The van der Waals surface area contributed by atoms with Crippen LogP contribution >= 0.6 is 0 Å². The van der Waals surface area contributed by atoms with E-state index in [0.717, 1.165) is 30.8 Å². The van der Waals surface area contributed by atoms with Crippen molar-refractivity contribution in [3.05, 3.63) is 58.4 Å². The monoisotopic (exact) mass is 295 g/mol. The van der Waals surface area contributed by atoms with Crippen molar-refractivity contribution in [1.29, 1.82) is 0 Å². The van der Waals surface area contributed by atoms with Crippen LogP contribution in [0.5, 0.6) is 0 Å². The smallest absolute Gasteiger partial charge is 0.272 e. The molecule has 0 bridgehead atoms. The van der Waals surface area contributed by atoms with E-state index in [1.807, 2.05) is 18.5 Å². The Morgan fingerprint density at radius 1 is 1.27 bits per heavy atom. The molecule has 0 saturated carbocycles. The van der Waals surface area contributed by atoms with Gasteiger partial charge in [-0.2, -0.15) is 0 Å². The molecule has 0 amide bonds. The number of hydrogen-bond donors (Lipinski definition) is 1. The average molecular weight is 295 g/mol. The molecule has 0 fully saturated rings. The lowest BCUT2D eigenvalue weighted by atomic mass is 10.1. The number of nitrogens with one attached hydrogen (secondary N) is 1. The zero-order valence-corrected chi connectivity index (χ0v) is 12.2. The molecular weight excluding hydrogens is 278 g/mol. The van der Waals surface area contributed by atoms with Crippen LogP contribution in [0.2, 0.25) is 0 Å². The van der Waals surface area contributed by atoms with Crippen molar-refractivity contribution in [3.8, 4) is 0 Å². The van der Waals surface area contributed by atoms with Crippen LogP contribution in [-0.4, -0.2) is 26.1 Å². The van der Waals surface area contributed by atoms with E-state index in [1.54, 1.807) is 12.3 Å². The van der Waals surface area contributed by atoms with E-state index in [-0.39, 0.29) is 5.56 Å². The average Bonchev–Trinajstić information content (AvgIpc) is 2.91. The molecule has 112 valence electrons. The van der Waals surface area contributed by atoms with Gasteiger partial charge in [-0.3, -0.25) is 14.9 Å². The van der Waals surface area contributed by atoms with Crippen molar-refractivity contribution in [3.63, 3.8) is 0 Å².